The van der Waals surface area contributed by atoms with Crippen LogP contribution in [0.2, 0.25) is 5.02 Å². The fourth-order valence-corrected chi connectivity index (χ4v) is 2.71. The number of esters is 1. The van der Waals surface area contributed by atoms with Gasteiger partial charge in [-0.3, -0.25) is 9.69 Å². The topological polar surface area (TPSA) is 84.9 Å². The molecule has 3 rings (SSSR count). The second-order valence-electron chi connectivity index (χ2n) is 5.78. The van der Waals surface area contributed by atoms with Gasteiger partial charge in [-0.2, -0.15) is 0 Å². The van der Waals surface area contributed by atoms with Crippen molar-refractivity contribution < 1.29 is 23.9 Å². The summed E-state index contributed by atoms with van der Waals surface area (Å²) in [5.41, 5.74) is 0.993. The zero-order chi connectivity index (χ0) is 19.2. The number of rotatable bonds is 7. The van der Waals surface area contributed by atoms with Gasteiger partial charge in [0.05, 0.1) is 18.7 Å². The third-order valence-corrected chi connectivity index (χ3v) is 4.06. The summed E-state index contributed by atoms with van der Waals surface area (Å²) in [6.07, 6.45) is 0. The number of imide groups is 1. The molecule has 0 spiro atoms. The zero-order valence-electron chi connectivity index (χ0n) is 14.3. The second kappa shape index (κ2) is 8.55. The molecule has 8 heteroatoms. The molecule has 0 radical (unpaired) electrons. The Morgan fingerprint density at radius 2 is 1.93 bits per heavy atom. The van der Waals surface area contributed by atoms with Crippen LogP contribution < -0.4 is 10.1 Å². The van der Waals surface area contributed by atoms with Gasteiger partial charge in [-0.05, 0) is 35.9 Å². The highest BCUT2D eigenvalue weighted by atomic mass is 35.5. The number of benzene rings is 2. The Morgan fingerprint density at radius 3 is 2.67 bits per heavy atom. The Hall–Kier alpha value is -3.06. The van der Waals surface area contributed by atoms with Gasteiger partial charge < -0.3 is 14.8 Å². The second-order valence-corrected chi connectivity index (χ2v) is 6.22. The highest BCUT2D eigenvalue weighted by molar-refractivity contribution is 6.30. The summed E-state index contributed by atoms with van der Waals surface area (Å²) in [7, 11) is 0. The van der Waals surface area contributed by atoms with Crippen LogP contribution in [0.15, 0.2) is 48.5 Å². The van der Waals surface area contributed by atoms with Crippen molar-refractivity contribution in [3.05, 3.63) is 64.7 Å². The van der Waals surface area contributed by atoms with Crippen LogP contribution in [0.5, 0.6) is 5.75 Å². The molecule has 7 nitrogen and oxygen atoms in total. The number of urea groups is 1. The summed E-state index contributed by atoms with van der Waals surface area (Å²) in [4.78, 5) is 36.5. The maximum atomic E-state index is 12.2. The van der Waals surface area contributed by atoms with Gasteiger partial charge in [0.1, 0.15) is 19.0 Å². The largest absolute Gasteiger partial charge is 0.490 e. The molecule has 3 amide bonds. The molecule has 0 atom stereocenters. The summed E-state index contributed by atoms with van der Waals surface area (Å²) in [5.74, 6) is -0.219. The first kappa shape index (κ1) is 18.7. The molecule has 1 aliphatic rings. The number of nitrogens with one attached hydrogen (secondary N) is 1. The van der Waals surface area contributed by atoms with Gasteiger partial charge in [-0.15, -0.1) is 0 Å². The highest BCUT2D eigenvalue weighted by Crippen LogP contribution is 2.17. The van der Waals surface area contributed by atoms with E-state index in [-0.39, 0.29) is 32.2 Å². The van der Waals surface area contributed by atoms with Crippen molar-refractivity contribution in [2.45, 2.75) is 6.54 Å². The Labute approximate surface area is 160 Å². The van der Waals surface area contributed by atoms with E-state index < -0.39 is 12.0 Å². The summed E-state index contributed by atoms with van der Waals surface area (Å²) in [6.45, 7) is 0.355. The first-order chi connectivity index (χ1) is 13.0. The minimum atomic E-state index is -0.510. The van der Waals surface area contributed by atoms with Crippen LogP contribution in [-0.2, 0) is 16.1 Å². The molecule has 0 aromatic heterocycles. The lowest BCUT2D eigenvalue weighted by Crippen LogP contribution is -2.30. The van der Waals surface area contributed by atoms with Crippen LogP contribution in [0.1, 0.15) is 15.9 Å². The number of hydrogen-bond donors (Lipinski definition) is 1. The predicted octanol–water partition coefficient (Wildman–Crippen LogP) is 2.63. The van der Waals surface area contributed by atoms with E-state index >= 15 is 0 Å². The van der Waals surface area contributed by atoms with Crippen molar-refractivity contribution in [1.82, 2.24) is 10.2 Å². The molecule has 1 saturated heterocycles. The molecular weight excluding hydrogens is 372 g/mol. The van der Waals surface area contributed by atoms with Gasteiger partial charge in [0, 0.05) is 5.02 Å². The molecule has 1 aliphatic heterocycles. The van der Waals surface area contributed by atoms with Crippen LogP contribution >= 0.6 is 11.6 Å². The Bertz CT molecular complexity index is 855. The van der Waals surface area contributed by atoms with Gasteiger partial charge in [0.25, 0.3) is 0 Å². The SMILES string of the molecule is O=C(OCCOc1cccc(Cl)c1)c1cccc(CN2C(=O)CNC2=O)c1. The van der Waals surface area contributed by atoms with Crippen molar-refractivity contribution >= 4 is 29.5 Å². The zero-order valence-corrected chi connectivity index (χ0v) is 15.1. The van der Waals surface area contributed by atoms with Crippen LogP contribution in [-0.4, -0.2) is 42.6 Å². The van der Waals surface area contributed by atoms with E-state index in [1.54, 1.807) is 48.5 Å². The van der Waals surface area contributed by atoms with Gasteiger partial charge in [-0.1, -0.05) is 29.8 Å². The molecular formula is C19H17ClN2O5. The smallest absolute Gasteiger partial charge is 0.338 e. The normalized spacial score (nSPS) is 13.4. The number of nitrogens with zero attached hydrogens (tertiary/aromatic N) is 1. The number of halogens is 1. The molecule has 1 N–H and O–H groups in total. The molecule has 27 heavy (non-hydrogen) atoms. The maximum absolute atomic E-state index is 12.2. The van der Waals surface area contributed by atoms with Crippen LogP contribution in [0.4, 0.5) is 4.79 Å². The molecule has 1 heterocycles. The van der Waals surface area contributed by atoms with E-state index in [2.05, 4.69) is 5.32 Å². The fraction of sp³-hybridized carbons (Fsp3) is 0.211. The van der Waals surface area contributed by atoms with Gasteiger partial charge in [0.15, 0.2) is 0 Å². The highest BCUT2D eigenvalue weighted by Gasteiger charge is 2.28. The third-order valence-electron chi connectivity index (χ3n) is 3.82. The van der Waals surface area contributed by atoms with E-state index in [0.717, 1.165) is 4.90 Å². The van der Waals surface area contributed by atoms with E-state index in [9.17, 15) is 14.4 Å². The van der Waals surface area contributed by atoms with Gasteiger partial charge in [0.2, 0.25) is 5.91 Å². The van der Waals surface area contributed by atoms with E-state index in [0.29, 0.717) is 21.9 Å². The van der Waals surface area contributed by atoms with E-state index in [1.807, 2.05) is 0 Å². The summed E-state index contributed by atoms with van der Waals surface area (Å²) < 4.78 is 10.6. The van der Waals surface area contributed by atoms with Crippen molar-refractivity contribution in [2.24, 2.45) is 0 Å². The van der Waals surface area contributed by atoms with Crippen molar-refractivity contribution in [2.75, 3.05) is 19.8 Å². The lowest BCUT2D eigenvalue weighted by atomic mass is 10.1. The molecule has 0 saturated carbocycles. The minimum absolute atomic E-state index is 0.00675. The number of carbonyl (C=O) groups excluding carboxylic acids is 3. The van der Waals surface area contributed by atoms with Crippen molar-refractivity contribution in [3.63, 3.8) is 0 Å². The monoisotopic (exact) mass is 388 g/mol. The lowest BCUT2D eigenvalue weighted by molar-refractivity contribution is -0.125. The molecule has 0 unspecified atom stereocenters. The van der Waals surface area contributed by atoms with Gasteiger partial charge in [-0.25, -0.2) is 9.59 Å². The van der Waals surface area contributed by atoms with Crippen LogP contribution in [0.25, 0.3) is 0 Å². The molecule has 0 bridgehead atoms. The van der Waals surface area contributed by atoms with Crippen molar-refractivity contribution in [1.29, 1.82) is 0 Å². The Balaban J connectivity index is 1.51. The number of amides is 3. The van der Waals surface area contributed by atoms with Crippen molar-refractivity contribution in [3.8, 4) is 5.75 Å². The molecule has 1 fully saturated rings. The molecule has 2 aromatic carbocycles. The standard InChI is InChI=1S/C19H17ClN2O5/c20-15-5-2-6-16(10-15)26-7-8-27-18(24)14-4-1-3-13(9-14)12-22-17(23)11-21-19(22)25/h1-6,9-10H,7-8,11-12H2,(H,21,25). The van der Waals surface area contributed by atoms with Gasteiger partial charge >= 0.3 is 12.0 Å². The first-order valence-corrected chi connectivity index (χ1v) is 8.63. The minimum Gasteiger partial charge on any atom is -0.490 e. The fourth-order valence-electron chi connectivity index (χ4n) is 2.53. The summed E-state index contributed by atoms with van der Waals surface area (Å²) in [6, 6.07) is 13.1. The molecule has 2 aromatic rings. The van der Waals surface area contributed by atoms with Crippen LogP contribution in [0.3, 0.4) is 0 Å². The Kier molecular flexibility index (Phi) is 5.93. The quantitative estimate of drug-likeness (QED) is 0.447. The van der Waals surface area contributed by atoms with Crippen LogP contribution in [0, 0.1) is 0 Å². The third kappa shape index (κ3) is 4.98. The summed E-state index contributed by atoms with van der Waals surface area (Å²) in [5, 5.41) is 3.01. The Morgan fingerprint density at radius 1 is 1.11 bits per heavy atom. The first-order valence-electron chi connectivity index (χ1n) is 8.25. The number of ether oxygens (including phenoxy) is 2. The lowest BCUT2D eigenvalue weighted by Gasteiger charge is -2.13. The van der Waals surface area contributed by atoms with E-state index in [1.165, 1.54) is 0 Å². The number of carbonyl (C=O) groups is 3. The maximum Gasteiger partial charge on any atom is 0.338 e. The number of hydrogen-bond acceptors (Lipinski definition) is 5. The molecule has 140 valence electrons. The average molecular weight is 389 g/mol. The summed E-state index contributed by atoms with van der Waals surface area (Å²) >= 11 is 5.87. The average Bonchev–Trinajstić information content (AvgIpc) is 2.97. The van der Waals surface area contributed by atoms with E-state index in [4.69, 9.17) is 21.1 Å². The predicted molar refractivity (Wildman–Crippen MR) is 97.6 cm³/mol. The molecule has 0 aliphatic carbocycles.